The topological polar surface area (TPSA) is 80.3 Å². The maximum atomic E-state index is 11.9. The normalized spacial score (nSPS) is 10.7. The molecule has 0 atom stereocenters. The average Bonchev–Trinajstić information content (AvgIpc) is 3.12. The van der Waals surface area contributed by atoms with Crippen LogP contribution in [-0.4, -0.2) is 23.4 Å². The number of carbonyl (C=O) groups excluding carboxylic acids is 2. The van der Waals surface area contributed by atoms with Gasteiger partial charge in [-0.05, 0) is 49.2 Å². The number of nitrogens with one attached hydrogen (secondary N) is 2. The summed E-state index contributed by atoms with van der Waals surface area (Å²) in [6.07, 6.45) is 1.59. The van der Waals surface area contributed by atoms with E-state index >= 15 is 0 Å². The highest BCUT2D eigenvalue weighted by Crippen LogP contribution is 2.23. The lowest BCUT2D eigenvalue weighted by molar-refractivity contribution is -0.129. The van der Waals surface area contributed by atoms with Crippen LogP contribution in [0.4, 0.5) is 0 Å². The predicted molar refractivity (Wildman–Crippen MR) is 115 cm³/mol. The fraction of sp³-hybridized carbons (Fsp3) is 0.286. The van der Waals surface area contributed by atoms with Gasteiger partial charge in [-0.3, -0.25) is 20.4 Å². The second kappa shape index (κ2) is 10.2. The summed E-state index contributed by atoms with van der Waals surface area (Å²) in [5.41, 5.74) is 6.77. The quantitative estimate of drug-likeness (QED) is 0.414. The van der Waals surface area contributed by atoms with Crippen molar-refractivity contribution in [1.29, 1.82) is 0 Å². The summed E-state index contributed by atoms with van der Waals surface area (Å²) >= 11 is 7.49. The first-order chi connectivity index (χ1) is 14.0. The summed E-state index contributed by atoms with van der Waals surface area (Å²) in [7, 11) is 0. The molecule has 0 aliphatic rings. The van der Waals surface area contributed by atoms with Crippen LogP contribution in [0.25, 0.3) is 10.2 Å². The number of para-hydroxylation sites is 1. The van der Waals surface area contributed by atoms with Crippen molar-refractivity contribution < 1.29 is 14.3 Å². The fourth-order valence-corrected chi connectivity index (χ4v) is 3.89. The van der Waals surface area contributed by atoms with E-state index < -0.39 is 0 Å². The minimum Gasteiger partial charge on any atom is -0.493 e. The van der Waals surface area contributed by atoms with Crippen LogP contribution in [0.3, 0.4) is 0 Å². The molecule has 152 valence electrons. The number of ether oxygens (including phenoxy) is 1. The van der Waals surface area contributed by atoms with Crippen molar-refractivity contribution in [1.82, 2.24) is 15.8 Å². The van der Waals surface area contributed by atoms with E-state index in [0.29, 0.717) is 24.5 Å². The molecule has 1 aromatic heterocycles. The van der Waals surface area contributed by atoms with E-state index in [0.717, 1.165) is 26.5 Å². The third kappa shape index (κ3) is 6.44. The zero-order chi connectivity index (χ0) is 20.6. The summed E-state index contributed by atoms with van der Waals surface area (Å²) in [4.78, 5) is 28.3. The van der Waals surface area contributed by atoms with Crippen LogP contribution in [0.15, 0.2) is 42.5 Å². The number of aromatic nitrogens is 1. The van der Waals surface area contributed by atoms with Gasteiger partial charge in [0.1, 0.15) is 5.75 Å². The lowest BCUT2D eigenvalue weighted by Gasteiger charge is -2.10. The number of amides is 2. The molecule has 6 nitrogen and oxygen atoms in total. The van der Waals surface area contributed by atoms with Crippen LogP contribution in [0, 0.1) is 6.92 Å². The molecule has 0 spiro atoms. The third-order valence-corrected chi connectivity index (χ3v) is 5.52. The highest BCUT2D eigenvalue weighted by atomic mass is 35.5. The molecule has 0 aliphatic carbocycles. The Balaban J connectivity index is 1.31. The predicted octanol–water partition coefficient (Wildman–Crippen LogP) is 4.20. The third-order valence-electron chi connectivity index (χ3n) is 4.19. The van der Waals surface area contributed by atoms with E-state index in [-0.39, 0.29) is 24.7 Å². The van der Waals surface area contributed by atoms with E-state index in [4.69, 9.17) is 16.3 Å². The maximum Gasteiger partial charge on any atom is 0.238 e. The van der Waals surface area contributed by atoms with Crippen molar-refractivity contribution in [3.63, 3.8) is 0 Å². The first-order valence-corrected chi connectivity index (χ1v) is 10.5. The Morgan fingerprint density at radius 3 is 2.62 bits per heavy atom. The van der Waals surface area contributed by atoms with Crippen LogP contribution in [-0.2, 0) is 16.0 Å². The smallest absolute Gasteiger partial charge is 0.238 e. The Bertz CT molecular complexity index is 973. The number of fused-ring (bicyclic) bond motifs is 1. The highest BCUT2D eigenvalue weighted by Gasteiger charge is 2.08. The Morgan fingerprint density at radius 1 is 1.10 bits per heavy atom. The molecule has 0 aliphatic heterocycles. The van der Waals surface area contributed by atoms with Crippen molar-refractivity contribution in [2.24, 2.45) is 0 Å². The van der Waals surface area contributed by atoms with Crippen LogP contribution in [0.2, 0.25) is 5.02 Å². The van der Waals surface area contributed by atoms with Crippen LogP contribution in [0.5, 0.6) is 5.75 Å². The second-order valence-electron chi connectivity index (χ2n) is 6.53. The molecule has 0 unspecified atom stereocenters. The Hall–Kier alpha value is -2.64. The van der Waals surface area contributed by atoms with E-state index in [1.807, 2.05) is 43.3 Å². The number of hydrazine groups is 1. The summed E-state index contributed by atoms with van der Waals surface area (Å²) < 4.78 is 6.75. The van der Waals surface area contributed by atoms with Crippen molar-refractivity contribution >= 4 is 45.0 Å². The van der Waals surface area contributed by atoms with E-state index in [1.165, 1.54) is 0 Å². The van der Waals surface area contributed by atoms with E-state index in [9.17, 15) is 9.59 Å². The molecule has 0 bridgehead atoms. The molecule has 0 radical (unpaired) electrons. The number of benzene rings is 2. The fourth-order valence-electron chi connectivity index (χ4n) is 2.70. The Kier molecular flexibility index (Phi) is 7.43. The molecule has 3 aromatic rings. The molecule has 3 rings (SSSR count). The lowest BCUT2D eigenvalue weighted by Crippen LogP contribution is -2.41. The van der Waals surface area contributed by atoms with Gasteiger partial charge in [0.2, 0.25) is 11.8 Å². The zero-order valence-corrected chi connectivity index (χ0v) is 17.6. The number of hydrogen-bond acceptors (Lipinski definition) is 5. The van der Waals surface area contributed by atoms with Gasteiger partial charge in [-0.25, -0.2) is 4.98 Å². The van der Waals surface area contributed by atoms with Crippen molar-refractivity contribution in [3.8, 4) is 5.75 Å². The number of nitrogens with zero attached hydrogens (tertiary/aromatic N) is 1. The number of rotatable bonds is 8. The second-order valence-corrected chi connectivity index (χ2v) is 8.09. The molecule has 2 N–H and O–H groups in total. The molecule has 0 fully saturated rings. The first kappa shape index (κ1) is 21.1. The summed E-state index contributed by atoms with van der Waals surface area (Å²) in [5, 5.41) is 1.57. The highest BCUT2D eigenvalue weighted by molar-refractivity contribution is 7.18. The maximum absolute atomic E-state index is 11.9. The van der Waals surface area contributed by atoms with Crippen molar-refractivity contribution in [2.75, 3.05) is 6.61 Å². The molecule has 2 aromatic carbocycles. The molecule has 29 heavy (non-hydrogen) atoms. The van der Waals surface area contributed by atoms with Gasteiger partial charge in [0.15, 0.2) is 0 Å². The molecule has 1 heterocycles. The minimum atomic E-state index is -0.255. The first-order valence-electron chi connectivity index (χ1n) is 9.32. The van der Waals surface area contributed by atoms with Gasteiger partial charge in [0.05, 0.1) is 21.8 Å². The van der Waals surface area contributed by atoms with Gasteiger partial charge in [0.25, 0.3) is 0 Å². The summed E-state index contributed by atoms with van der Waals surface area (Å²) in [6, 6.07) is 13.3. The molecule has 0 saturated carbocycles. The van der Waals surface area contributed by atoms with Crippen molar-refractivity contribution in [3.05, 3.63) is 58.1 Å². The van der Waals surface area contributed by atoms with Gasteiger partial charge in [-0.2, -0.15) is 0 Å². The zero-order valence-electron chi connectivity index (χ0n) is 16.0. The van der Waals surface area contributed by atoms with Gasteiger partial charge in [-0.15, -0.1) is 11.3 Å². The van der Waals surface area contributed by atoms with Gasteiger partial charge in [0, 0.05) is 24.3 Å². The number of aryl methyl sites for hydroxylation is 2. The average molecular weight is 432 g/mol. The molecule has 2 amide bonds. The van der Waals surface area contributed by atoms with Gasteiger partial charge < -0.3 is 4.74 Å². The summed E-state index contributed by atoms with van der Waals surface area (Å²) in [6.45, 7) is 2.32. The largest absolute Gasteiger partial charge is 0.493 e. The number of hydrogen-bond donors (Lipinski definition) is 2. The van der Waals surface area contributed by atoms with E-state index in [2.05, 4.69) is 15.8 Å². The monoisotopic (exact) mass is 431 g/mol. The minimum absolute atomic E-state index is 0.245. The molecule has 0 saturated heterocycles. The van der Waals surface area contributed by atoms with Crippen LogP contribution in [0.1, 0.15) is 29.8 Å². The number of thiazole rings is 1. The molecular formula is C21H22ClN3O3S. The molecule has 8 heteroatoms. The lowest BCUT2D eigenvalue weighted by atomic mass is 10.2. The standard InChI is InChI=1S/C21H22ClN3O3S/c1-14-13-15(22)8-9-17(14)28-12-4-7-19(26)24-25-20(27)10-11-21-23-16-5-2-3-6-18(16)29-21/h2-3,5-6,8-9,13H,4,7,10-12H2,1H3,(H,24,26)(H,25,27). The Morgan fingerprint density at radius 2 is 1.86 bits per heavy atom. The van der Waals surface area contributed by atoms with Crippen LogP contribution < -0.4 is 15.6 Å². The van der Waals surface area contributed by atoms with Crippen molar-refractivity contribution in [2.45, 2.75) is 32.6 Å². The van der Waals surface area contributed by atoms with E-state index in [1.54, 1.807) is 17.4 Å². The Labute approximate surface area is 178 Å². The SMILES string of the molecule is Cc1cc(Cl)ccc1OCCCC(=O)NNC(=O)CCc1nc2ccccc2s1. The summed E-state index contributed by atoms with van der Waals surface area (Å²) in [5.74, 6) is 0.248. The molecular weight excluding hydrogens is 410 g/mol. The van der Waals surface area contributed by atoms with Crippen LogP contribution >= 0.6 is 22.9 Å². The number of carbonyl (C=O) groups is 2. The van der Waals surface area contributed by atoms with Gasteiger partial charge in [-0.1, -0.05) is 23.7 Å². The number of halogens is 1. The van der Waals surface area contributed by atoms with Gasteiger partial charge >= 0.3 is 0 Å².